The van der Waals surface area contributed by atoms with Crippen LogP contribution in [0, 0.1) is 0 Å². The first kappa shape index (κ1) is 36.6. The predicted molar refractivity (Wildman–Crippen MR) is 62.7 cm³/mol. The topological polar surface area (TPSA) is 0 Å². The molecule has 0 amide bonds. The minimum absolute atomic E-state index is 0. The summed E-state index contributed by atoms with van der Waals surface area (Å²) in [6, 6.07) is 0. The van der Waals surface area contributed by atoms with Gasteiger partial charge in [-0.15, -0.1) is 0 Å². The summed E-state index contributed by atoms with van der Waals surface area (Å²) in [5.41, 5.74) is 0. The van der Waals surface area contributed by atoms with E-state index in [0.717, 1.165) is 0 Å². The van der Waals surface area contributed by atoms with Gasteiger partial charge in [-0.1, -0.05) is 0 Å². The van der Waals surface area contributed by atoms with Gasteiger partial charge in [0.25, 0.3) is 0 Å². The van der Waals surface area contributed by atoms with E-state index in [-0.39, 0.29) is 110 Å². The maximum atomic E-state index is 2.30. The van der Waals surface area contributed by atoms with Crippen molar-refractivity contribution in [3.05, 3.63) is 0 Å². The van der Waals surface area contributed by atoms with Gasteiger partial charge >= 0.3 is 101 Å². The summed E-state index contributed by atoms with van der Waals surface area (Å²) in [6.45, 7) is 4.58. The summed E-state index contributed by atoms with van der Waals surface area (Å²) in [5, 5.41) is 0. The van der Waals surface area contributed by atoms with Crippen molar-refractivity contribution >= 4 is 42.3 Å². The molecule has 16 heavy (non-hydrogen) atoms. The molecule has 0 aliphatic carbocycles. The average molecular weight is 701 g/mol. The van der Waals surface area contributed by atoms with E-state index in [4.69, 9.17) is 0 Å². The Morgan fingerprint density at radius 1 is 0.688 bits per heavy atom. The zero-order valence-corrected chi connectivity index (χ0v) is 22.8. The third kappa shape index (κ3) is 52.8. The van der Waals surface area contributed by atoms with Gasteiger partial charge in [-0.3, -0.25) is 0 Å². The zero-order valence-electron chi connectivity index (χ0n) is 10.8. The predicted octanol–water partition coefficient (Wildman–Crippen LogP) is -8.07. The SMILES string of the molecule is CCC[CH2][Sn+2][CH2]CCC.[Br-].[Br-].[Br-].[Br-].[CH3][Sn+2][CH3]. The molecule has 0 N–H and O–H groups in total. The molecule has 0 atom stereocenters. The van der Waals surface area contributed by atoms with Crippen molar-refractivity contribution in [3.63, 3.8) is 0 Å². The van der Waals surface area contributed by atoms with Crippen molar-refractivity contribution in [3.8, 4) is 0 Å². The normalized spacial score (nSPS) is 5.75. The maximum absolute atomic E-state index is 2.30. The van der Waals surface area contributed by atoms with Crippen LogP contribution in [0.3, 0.4) is 0 Å². The molecular weight excluding hydrogens is 677 g/mol. The first-order valence-corrected chi connectivity index (χ1v) is 14.9. The Bertz CT molecular complexity index is 62.8. The second kappa shape index (κ2) is 42.8. The van der Waals surface area contributed by atoms with Crippen LogP contribution in [0.1, 0.15) is 39.5 Å². The first-order valence-electron chi connectivity index (χ1n) is 5.12. The molecule has 0 saturated carbocycles. The first-order chi connectivity index (χ1) is 5.83. The van der Waals surface area contributed by atoms with Crippen LogP contribution in [0.4, 0.5) is 0 Å². The minimum atomic E-state index is 0. The van der Waals surface area contributed by atoms with Gasteiger partial charge in [0.05, 0.1) is 0 Å². The van der Waals surface area contributed by atoms with Crippen LogP contribution in [0.5, 0.6) is 0 Å². The van der Waals surface area contributed by atoms with Crippen molar-refractivity contribution < 1.29 is 67.9 Å². The van der Waals surface area contributed by atoms with Crippen LogP contribution in [0.2, 0.25) is 18.8 Å². The Morgan fingerprint density at radius 2 is 0.938 bits per heavy atom. The van der Waals surface area contributed by atoms with Crippen LogP contribution in [-0.4, -0.2) is 42.3 Å². The fraction of sp³-hybridized carbons (Fsp3) is 1.00. The van der Waals surface area contributed by atoms with E-state index in [9.17, 15) is 0 Å². The molecule has 0 aromatic carbocycles. The molecule has 0 aliphatic heterocycles. The second-order valence-electron chi connectivity index (χ2n) is 2.96. The molecule has 0 bridgehead atoms. The van der Waals surface area contributed by atoms with Gasteiger partial charge in [0, 0.05) is 0 Å². The van der Waals surface area contributed by atoms with Crippen molar-refractivity contribution in [2.45, 2.75) is 58.3 Å². The number of hydrogen-bond acceptors (Lipinski definition) is 0. The Kier molecular flexibility index (Phi) is 98.1. The molecule has 0 heterocycles. The Labute approximate surface area is 166 Å². The van der Waals surface area contributed by atoms with Crippen LogP contribution < -0.4 is 67.9 Å². The number of rotatable bonds is 6. The van der Waals surface area contributed by atoms with Crippen molar-refractivity contribution in [1.29, 1.82) is 0 Å². The van der Waals surface area contributed by atoms with E-state index in [1.807, 2.05) is 0 Å². The summed E-state index contributed by atoms with van der Waals surface area (Å²) in [5.74, 6) is 0. The monoisotopic (exact) mass is 700 g/mol. The van der Waals surface area contributed by atoms with Gasteiger partial charge < -0.3 is 67.9 Å². The van der Waals surface area contributed by atoms with Gasteiger partial charge in [-0.25, -0.2) is 0 Å². The molecule has 0 aliphatic rings. The molecule has 0 rings (SSSR count). The Balaban J connectivity index is -0.0000000324. The molecule has 0 saturated heterocycles. The fourth-order valence-electron chi connectivity index (χ4n) is 0.729. The molecule has 0 unspecified atom stereocenters. The quantitative estimate of drug-likeness (QED) is 0.191. The van der Waals surface area contributed by atoms with Crippen molar-refractivity contribution in [2.75, 3.05) is 0 Å². The van der Waals surface area contributed by atoms with E-state index in [1.54, 1.807) is 8.87 Å². The molecule has 0 radical (unpaired) electrons. The fourth-order valence-corrected chi connectivity index (χ4v) is 4.89. The summed E-state index contributed by atoms with van der Waals surface area (Å²) >= 11 is 0.379. The van der Waals surface area contributed by atoms with Crippen molar-refractivity contribution in [2.24, 2.45) is 0 Å². The second-order valence-corrected chi connectivity index (χ2v) is 10.1. The zero-order chi connectivity index (χ0) is 9.66. The summed E-state index contributed by atoms with van der Waals surface area (Å²) in [7, 11) is 0. The molecular formula is C10H24Br4Sn2. The molecule has 100 valence electrons. The molecule has 0 aromatic heterocycles. The third-order valence-corrected chi connectivity index (χ3v) is 5.45. The van der Waals surface area contributed by atoms with Gasteiger partial charge in [0.2, 0.25) is 0 Å². The molecule has 0 spiro atoms. The molecule has 0 fully saturated rings. The summed E-state index contributed by atoms with van der Waals surface area (Å²) in [4.78, 5) is 4.59. The van der Waals surface area contributed by atoms with E-state index in [0.29, 0.717) is 0 Å². The number of hydrogen-bond donors (Lipinski definition) is 0. The van der Waals surface area contributed by atoms with E-state index >= 15 is 0 Å². The summed E-state index contributed by atoms with van der Waals surface area (Å²) in [6.07, 6.45) is 5.84. The van der Waals surface area contributed by atoms with Crippen molar-refractivity contribution in [1.82, 2.24) is 0 Å². The van der Waals surface area contributed by atoms with E-state index < -0.39 is 0 Å². The number of halogens is 4. The van der Waals surface area contributed by atoms with Crippen LogP contribution >= 0.6 is 0 Å². The van der Waals surface area contributed by atoms with Gasteiger partial charge in [-0.2, -0.15) is 0 Å². The van der Waals surface area contributed by atoms with E-state index in [2.05, 4.69) is 23.7 Å². The third-order valence-electron chi connectivity index (χ3n) is 1.41. The molecule has 0 nitrogen and oxygen atoms in total. The van der Waals surface area contributed by atoms with Crippen LogP contribution in [0.25, 0.3) is 0 Å². The van der Waals surface area contributed by atoms with E-state index in [1.165, 1.54) is 25.7 Å². The van der Waals surface area contributed by atoms with Crippen LogP contribution in [-0.2, 0) is 0 Å². The molecule has 6 heteroatoms. The van der Waals surface area contributed by atoms with Gasteiger partial charge in [0.1, 0.15) is 0 Å². The number of unbranched alkanes of at least 4 members (excludes halogenated alkanes) is 2. The molecule has 0 aromatic rings. The Hall–Kier alpha value is 3.52. The summed E-state index contributed by atoms with van der Waals surface area (Å²) < 4.78 is 3.25. The average Bonchev–Trinajstić information content (AvgIpc) is 2.06. The van der Waals surface area contributed by atoms with Gasteiger partial charge in [0.15, 0.2) is 0 Å². The Morgan fingerprint density at radius 3 is 1.12 bits per heavy atom. The van der Waals surface area contributed by atoms with Crippen LogP contribution in [0.15, 0.2) is 0 Å². The van der Waals surface area contributed by atoms with Gasteiger partial charge in [-0.05, 0) is 0 Å². The standard InChI is InChI=1S/2C4H9.2CH3.4BrH.2Sn/c2*1-3-4-2;;;;;;;;/h2*1,3-4H2,2H3;2*1H3;4*1H;;/q;;;;;;;;2*+2/p-4.